The topological polar surface area (TPSA) is 99.1 Å². The maximum absolute atomic E-state index is 11.9. The molecule has 1 N–H and O–H groups in total. The van der Waals surface area contributed by atoms with Crippen molar-refractivity contribution in [2.24, 2.45) is 23.2 Å². The molecule has 0 aliphatic heterocycles. The van der Waals surface area contributed by atoms with Crippen molar-refractivity contribution < 1.29 is 33.7 Å². The van der Waals surface area contributed by atoms with Crippen LogP contribution in [0, 0.1) is 23.2 Å². The van der Waals surface area contributed by atoms with Gasteiger partial charge in [-0.05, 0) is 38.5 Å². The average molecular weight is 398 g/mol. The van der Waals surface area contributed by atoms with Crippen LogP contribution in [0.5, 0.6) is 0 Å². The summed E-state index contributed by atoms with van der Waals surface area (Å²) < 4.78 is 16.6. The minimum Gasteiger partial charge on any atom is -0.466 e. The molecule has 0 bridgehead atoms. The van der Waals surface area contributed by atoms with Crippen LogP contribution in [0.4, 0.5) is 0 Å². The number of esters is 3. The van der Waals surface area contributed by atoms with E-state index in [-0.39, 0.29) is 42.4 Å². The van der Waals surface area contributed by atoms with Gasteiger partial charge in [0.2, 0.25) is 0 Å². The number of carbonyl (C=O) groups excluding carboxylic acids is 3. The molecule has 2 saturated carbocycles. The zero-order chi connectivity index (χ0) is 21.3. The second-order valence-electron chi connectivity index (χ2n) is 9.03. The Morgan fingerprint density at radius 1 is 1.00 bits per heavy atom. The molecule has 0 heterocycles. The normalized spacial score (nSPS) is 38.7. The molecular formula is C21H34O7. The summed E-state index contributed by atoms with van der Waals surface area (Å²) in [5.74, 6) is -1.60. The highest BCUT2D eigenvalue weighted by atomic mass is 16.6. The lowest BCUT2D eigenvalue weighted by atomic mass is 9.50. The molecule has 0 aromatic heterocycles. The smallest absolute Gasteiger partial charge is 0.302 e. The highest BCUT2D eigenvalue weighted by Crippen LogP contribution is 2.58. The Kier molecular flexibility index (Phi) is 6.79. The molecule has 0 amide bonds. The van der Waals surface area contributed by atoms with Gasteiger partial charge in [-0.1, -0.05) is 13.8 Å². The molecule has 2 aliphatic carbocycles. The highest BCUT2D eigenvalue weighted by molar-refractivity contribution is 5.67. The number of carbonyl (C=O) groups is 3. The molecule has 7 heteroatoms. The Morgan fingerprint density at radius 2 is 1.61 bits per heavy atom. The molecule has 0 aromatic rings. The van der Waals surface area contributed by atoms with Gasteiger partial charge in [0.25, 0.3) is 0 Å². The lowest BCUT2D eigenvalue weighted by Gasteiger charge is -2.59. The first-order chi connectivity index (χ1) is 12.9. The standard InChI is InChI=1S/C21H34O7/c1-12(11-26-13(2)22)16-7-9-20(5)17(27-14(3)23)8-10-21(6,25)19(20)18(16)28-15(4)24/h12,16-19,25H,7-11H2,1-6H3/t12-,16-,17+,18+,19+,20-,21-/m0/s1. The first kappa shape index (κ1) is 22.7. The van der Waals surface area contributed by atoms with E-state index in [1.165, 1.54) is 20.8 Å². The van der Waals surface area contributed by atoms with Crippen LogP contribution in [0.15, 0.2) is 0 Å². The van der Waals surface area contributed by atoms with E-state index in [0.29, 0.717) is 12.8 Å². The molecule has 2 rings (SSSR count). The summed E-state index contributed by atoms with van der Waals surface area (Å²) in [6.45, 7) is 10.1. The third-order valence-corrected chi connectivity index (χ3v) is 6.69. The summed E-state index contributed by atoms with van der Waals surface area (Å²) in [5, 5.41) is 11.3. The monoisotopic (exact) mass is 398 g/mol. The van der Waals surface area contributed by atoms with Crippen LogP contribution < -0.4 is 0 Å². The summed E-state index contributed by atoms with van der Waals surface area (Å²) >= 11 is 0. The molecule has 0 radical (unpaired) electrons. The first-order valence-corrected chi connectivity index (χ1v) is 10.1. The van der Waals surface area contributed by atoms with E-state index in [4.69, 9.17) is 14.2 Å². The fraction of sp³-hybridized carbons (Fsp3) is 0.857. The minimum absolute atomic E-state index is 0.0392. The Morgan fingerprint density at radius 3 is 2.14 bits per heavy atom. The van der Waals surface area contributed by atoms with Crippen LogP contribution in [0.2, 0.25) is 0 Å². The molecule has 0 saturated heterocycles. The summed E-state index contributed by atoms with van der Waals surface area (Å²) in [6, 6.07) is 0. The third kappa shape index (κ3) is 4.67. The van der Waals surface area contributed by atoms with Gasteiger partial charge in [0.05, 0.1) is 12.2 Å². The van der Waals surface area contributed by atoms with Gasteiger partial charge in [0.1, 0.15) is 12.2 Å². The van der Waals surface area contributed by atoms with Crippen molar-refractivity contribution in [3.05, 3.63) is 0 Å². The van der Waals surface area contributed by atoms with E-state index in [1.54, 1.807) is 6.92 Å². The van der Waals surface area contributed by atoms with Gasteiger partial charge in [0, 0.05) is 38.0 Å². The molecular weight excluding hydrogens is 364 g/mol. The van der Waals surface area contributed by atoms with Crippen LogP contribution in [0.1, 0.15) is 67.2 Å². The van der Waals surface area contributed by atoms with E-state index in [0.717, 1.165) is 12.8 Å². The average Bonchev–Trinajstić information content (AvgIpc) is 2.54. The van der Waals surface area contributed by atoms with Gasteiger partial charge in [-0.2, -0.15) is 0 Å². The summed E-state index contributed by atoms with van der Waals surface area (Å²) in [7, 11) is 0. The van der Waals surface area contributed by atoms with E-state index in [1.807, 2.05) is 13.8 Å². The second-order valence-corrected chi connectivity index (χ2v) is 9.03. The largest absolute Gasteiger partial charge is 0.466 e. The fourth-order valence-corrected chi connectivity index (χ4v) is 5.48. The molecule has 7 nitrogen and oxygen atoms in total. The SMILES string of the molecule is CC(=O)OC[C@H](C)[C@@H]1CC[C@]2(C)[C@@H]([C@@H]1OC(C)=O)[C@@](C)(O)CC[C@H]2OC(C)=O. The van der Waals surface area contributed by atoms with Crippen LogP contribution in [-0.2, 0) is 28.6 Å². The van der Waals surface area contributed by atoms with Crippen LogP contribution in [0.25, 0.3) is 0 Å². The molecule has 2 fully saturated rings. The van der Waals surface area contributed by atoms with Gasteiger partial charge in [-0.25, -0.2) is 0 Å². The van der Waals surface area contributed by atoms with Gasteiger partial charge < -0.3 is 19.3 Å². The second kappa shape index (κ2) is 8.39. The number of ether oxygens (including phenoxy) is 3. The number of aliphatic hydroxyl groups is 1. The lowest BCUT2D eigenvalue weighted by Crippen LogP contribution is -2.64. The highest BCUT2D eigenvalue weighted by Gasteiger charge is 2.62. The van der Waals surface area contributed by atoms with Crippen LogP contribution in [-0.4, -0.2) is 47.4 Å². The summed E-state index contributed by atoms with van der Waals surface area (Å²) in [6.07, 6.45) is 1.58. The lowest BCUT2D eigenvalue weighted by molar-refractivity contribution is -0.237. The number of fused-ring (bicyclic) bond motifs is 1. The van der Waals surface area contributed by atoms with Crippen molar-refractivity contribution in [1.29, 1.82) is 0 Å². The van der Waals surface area contributed by atoms with Crippen molar-refractivity contribution in [3.63, 3.8) is 0 Å². The maximum Gasteiger partial charge on any atom is 0.302 e. The van der Waals surface area contributed by atoms with Gasteiger partial charge in [-0.15, -0.1) is 0 Å². The van der Waals surface area contributed by atoms with Crippen LogP contribution >= 0.6 is 0 Å². The van der Waals surface area contributed by atoms with E-state index >= 15 is 0 Å². The van der Waals surface area contributed by atoms with E-state index < -0.39 is 23.1 Å². The minimum atomic E-state index is -1.06. The molecule has 7 atom stereocenters. The van der Waals surface area contributed by atoms with E-state index in [2.05, 4.69) is 0 Å². The Balaban J connectivity index is 2.39. The van der Waals surface area contributed by atoms with Gasteiger partial charge in [-0.3, -0.25) is 14.4 Å². The third-order valence-electron chi connectivity index (χ3n) is 6.69. The molecule has 2 aliphatic rings. The predicted molar refractivity (Wildman–Crippen MR) is 101 cm³/mol. The Labute approximate surface area is 167 Å². The number of hydrogen-bond acceptors (Lipinski definition) is 7. The molecule has 0 spiro atoms. The number of hydrogen-bond donors (Lipinski definition) is 1. The van der Waals surface area contributed by atoms with Crippen molar-refractivity contribution >= 4 is 17.9 Å². The predicted octanol–water partition coefficient (Wildman–Crippen LogP) is 2.63. The fourth-order valence-electron chi connectivity index (χ4n) is 5.48. The Bertz CT molecular complexity index is 614. The van der Waals surface area contributed by atoms with Crippen molar-refractivity contribution in [2.75, 3.05) is 6.61 Å². The van der Waals surface area contributed by atoms with Gasteiger partial charge >= 0.3 is 17.9 Å². The maximum atomic E-state index is 11.9. The van der Waals surface area contributed by atoms with Crippen molar-refractivity contribution in [3.8, 4) is 0 Å². The first-order valence-electron chi connectivity index (χ1n) is 10.1. The zero-order valence-corrected chi connectivity index (χ0v) is 17.8. The molecule has 28 heavy (non-hydrogen) atoms. The van der Waals surface area contributed by atoms with Crippen LogP contribution in [0.3, 0.4) is 0 Å². The van der Waals surface area contributed by atoms with E-state index in [9.17, 15) is 19.5 Å². The summed E-state index contributed by atoms with van der Waals surface area (Å²) in [5.41, 5.74) is -1.57. The van der Waals surface area contributed by atoms with Crippen molar-refractivity contribution in [2.45, 2.75) is 85.0 Å². The Hall–Kier alpha value is -1.63. The zero-order valence-electron chi connectivity index (χ0n) is 17.8. The quantitative estimate of drug-likeness (QED) is 0.561. The van der Waals surface area contributed by atoms with Crippen molar-refractivity contribution in [1.82, 2.24) is 0 Å². The molecule has 0 unspecified atom stereocenters. The summed E-state index contributed by atoms with van der Waals surface area (Å²) in [4.78, 5) is 34.8. The molecule has 0 aromatic carbocycles. The number of rotatable bonds is 5. The molecule has 160 valence electrons. The van der Waals surface area contributed by atoms with Gasteiger partial charge in [0.15, 0.2) is 0 Å².